The minimum Gasteiger partial charge on any atom is -0.352 e. The van der Waals surface area contributed by atoms with Gasteiger partial charge in [-0.05, 0) is 37.0 Å². The molecule has 1 saturated heterocycles. The molecule has 2 aliphatic rings. The molecule has 0 unspecified atom stereocenters. The third-order valence-electron chi connectivity index (χ3n) is 5.46. The molecule has 3 rings (SSSR count). The molecule has 2 amide bonds. The van der Waals surface area contributed by atoms with Crippen LogP contribution >= 0.6 is 0 Å². The van der Waals surface area contributed by atoms with Gasteiger partial charge in [0.2, 0.25) is 11.8 Å². The number of hydrogen-bond acceptors (Lipinski definition) is 2. The molecule has 4 nitrogen and oxygen atoms in total. The Morgan fingerprint density at radius 1 is 1.08 bits per heavy atom. The molecule has 0 bridgehead atoms. The van der Waals surface area contributed by atoms with E-state index in [4.69, 9.17) is 0 Å². The molecule has 1 aliphatic carbocycles. The van der Waals surface area contributed by atoms with Crippen molar-refractivity contribution in [3.8, 4) is 0 Å². The van der Waals surface area contributed by atoms with E-state index in [0.29, 0.717) is 32.0 Å². The van der Waals surface area contributed by atoms with Crippen molar-refractivity contribution in [1.29, 1.82) is 0 Å². The van der Waals surface area contributed by atoms with Gasteiger partial charge in [-0.2, -0.15) is 0 Å². The summed E-state index contributed by atoms with van der Waals surface area (Å²) < 4.78 is 12.9. The molecule has 136 valence electrons. The Labute approximate surface area is 148 Å². The number of nitrogens with one attached hydrogen (secondary N) is 1. The Kier molecular flexibility index (Phi) is 6.05. The van der Waals surface area contributed by atoms with Crippen molar-refractivity contribution >= 4 is 11.8 Å². The third kappa shape index (κ3) is 4.80. The first-order valence-electron chi connectivity index (χ1n) is 9.45. The van der Waals surface area contributed by atoms with Crippen LogP contribution in [0, 0.1) is 11.7 Å². The largest absolute Gasteiger partial charge is 0.352 e. The predicted octanol–water partition coefficient (Wildman–Crippen LogP) is 3.40. The molecule has 1 N–H and O–H groups in total. The fraction of sp³-hybridized carbons (Fsp3) is 0.600. The Hall–Kier alpha value is -1.91. The monoisotopic (exact) mass is 346 g/mol. The van der Waals surface area contributed by atoms with E-state index in [9.17, 15) is 14.0 Å². The zero-order valence-corrected chi connectivity index (χ0v) is 14.7. The van der Waals surface area contributed by atoms with E-state index in [1.54, 1.807) is 12.1 Å². The van der Waals surface area contributed by atoms with Crippen molar-refractivity contribution in [2.75, 3.05) is 6.54 Å². The molecule has 1 saturated carbocycles. The van der Waals surface area contributed by atoms with Crippen LogP contribution in [-0.4, -0.2) is 29.3 Å². The maximum Gasteiger partial charge on any atom is 0.225 e. The Morgan fingerprint density at radius 3 is 2.44 bits per heavy atom. The van der Waals surface area contributed by atoms with E-state index >= 15 is 0 Å². The lowest BCUT2D eigenvalue weighted by molar-refractivity contribution is -0.141. The van der Waals surface area contributed by atoms with Crippen molar-refractivity contribution in [3.63, 3.8) is 0 Å². The van der Waals surface area contributed by atoms with Gasteiger partial charge in [0.15, 0.2) is 0 Å². The number of nitrogens with zero attached hydrogens (tertiary/aromatic N) is 1. The van der Waals surface area contributed by atoms with Crippen LogP contribution < -0.4 is 5.32 Å². The summed E-state index contributed by atoms with van der Waals surface area (Å²) in [6, 6.07) is 6.46. The van der Waals surface area contributed by atoms with Crippen LogP contribution in [0.4, 0.5) is 4.39 Å². The average molecular weight is 346 g/mol. The number of rotatable bonds is 4. The number of hydrogen-bond donors (Lipinski definition) is 1. The second-order valence-electron chi connectivity index (χ2n) is 7.27. The second kappa shape index (κ2) is 8.45. The summed E-state index contributed by atoms with van der Waals surface area (Å²) in [5, 5.41) is 2.94. The highest BCUT2D eigenvalue weighted by molar-refractivity contribution is 5.84. The minimum atomic E-state index is -0.278. The van der Waals surface area contributed by atoms with Gasteiger partial charge in [-0.1, -0.05) is 37.8 Å². The zero-order valence-electron chi connectivity index (χ0n) is 14.7. The van der Waals surface area contributed by atoms with Crippen LogP contribution in [0.2, 0.25) is 0 Å². The van der Waals surface area contributed by atoms with Gasteiger partial charge in [0.05, 0.1) is 5.92 Å². The van der Waals surface area contributed by atoms with Crippen LogP contribution in [0.15, 0.2) is 24.3 Å². The van der Waals surface area contributed by atoms with Gasteiger partial charge in [0.25, 0.3) is 0 Å². The average Bonchev–Trinajstić information content (AvgIpc) is 2.91. The first kappa shape index (κ1) is 17.9. The number of piperidine rings is 1. The molecule has 1 aromatic rings. The molecule has 25 heavy (non-hydrogen) atoms. The van der Waals surface area contributed by atoms with Crippen molar-refractivity contribution in [1.82, 2.24) is 10.2 Å². The maximum atomic E-state index is 12.9. The number of halogens is 1. The maximum absolute atomic E-state index is 12.9. The summed E-state index contributed by atoms with van der Waals surface area (Å²) >= 11 is 0. The first-order chi connectivity index (χ1) is 12.1. The number of carbonyl (C=O) groups is 2. The summed E-state index contributed by atoms with van der Waals surface area (Å²) in [5.41, 5.74) is 0.877. The van der Waals surface area contributed by atoms with E-state index in [1.807, 2.05) is 4.90 Å². The first-order valence-corrected chi connectivity index (χ1v) is 9.45. The van der Waals surface area contributed by atoms with Gasteiger partial charge < -0.3 is 10.2 Å². The SMILES string of the molecule is O=C(NCc1ccc(F)cc1)[C@H]1CCC(=O)N(C2CCCCCC2)C1. The Bertz CT molecular complexity index is 594. The highest BCUT2D eigenvalue weighted by Gasteiger charge is 2.34. The molecule has 1 atom stereocenters. The van der Waals surface area contributed by atoms with E-state index in [2.05, 4.69) is 5.32 Å². The topological polar surface area (TPSA) is 49.4 Å². The molecule has 1 aliphatic heterocycles. The fourth-order valence-electron chi connectivity index (χ4n) is 3.94. The van der Waals surface area contributed by atoms with Crippen molar-refractivity contribution in [3.05, 3.63) is 35.6 Å². The third-order valence-corrected chi connectivity index (χ3v) is 5.46. The van der Waals surface area contributed by atoms with Crippen molar-refractivity contribution in [2.24, 2.45) is 5.92 Å². The van der Waals surface area contributed by atoms with Gasteiger partial charge in [-0.25, -0.2) is 4.39 Å². The fourth-order valence-corrected chi connectivity index (χ4v) is 3.94. The molecule has 1 aromatic carbocycles. The zero-order chi connectivity index (χ0) is 17.6. The highest BCUT2D eigenvalue weighted by atomic mass is 19.1. The molecule has 5 heteroatoms. The lowest BCUT2D eigenvalue weighted by atomic mass is 9.93. The van der Waals surface area contributed by atoms with E-state index < -0.39 is 0 Å². The van der Waals surface area contributed by atoms with Gasteiger partial charge >= 0.3 is 0 Å². The minimum absolute atomic E-state index is 0.00422. The molecule has 1 heterocycles. The summed E-state index contributed by atoms with van der Waals surface area (Å²) in [5.74, 6) is -0.216. The van der Waals surface area contributed by atoms with E-state index in [1.165, 1.54) is 37.8 Å². The Balaban J connectivity index is 1.55. The van der Waals surface area contributed by atoms with Gasteiger partial charge in [-0.15, -0.1) is 0 Å². The molecule has 0 spiro atoms. The summed E-state index contributed by atoms with van der Waals surface area (Å²) in [6.07, 6.45) is 8.07. The smallest absolute Gasteiger partial charge is 0.225 e. The number of benzene rings is 1. The molecular formula is C20H27FN2O2. The molecular weight excluding hydrogens is 319 g/mol. The van der Waals surface area contributed by atoms with Gasteiger partial charge in [0.1, 0.15) is 5.82 Å². The summed E-state index contributed by atoms with van der Waals surface area (Å²) in [6.45, 7) is 0.936. The van der Waals surface area contributed by atoms with Gasteiger partial charge in [0, 0.05) is 25.6 Å². The summed E-state index contributed by atoms with van der Waals surface area (Å²) in [4.78, 5) is 26.8. The quantitative estimate of drug-likeness (QED) is 0.850. The molecule has 2 fully saturated rings. The number of amides is 2. The van der Waals surface area contributed by atoms with Crippen molar-refractivity contribution < 1.29 is 14.0 Å². The summed E-state index contributed by atoms with van der Waals surface area (Å²) in [7, 11) is 0. The van der Waals surface area contributed by atoms with E-state index in [-0.39, 0.29) is 23.5 Å². The van der Waals surface area contributed by atoms with Gasteiger partial charge in [-0.3, -0.25) is 9.59 Å². The Morgan fingerprint density at radius 2 is 1.76 bits per heavy atom. The number of likely N-dealkylation sites (tertiary alicyclic amines) is 1. The second-order valence-corrected chi connectivity index (χ2v) is 7.27. The van der Waals surface area contributed by atoms with Crippen LogP contribution in [0.25, 0.3) is 0 Å². The lowest BCUT2D eigenvalue weighted by Gasteiger charge is -2.37. The van der Waals surface area contributed by atoms with Crippen LogP contribution in [0.5, 0.6) is 0 Å². The normalized spacial score (nSPS) is 22.5. The van der Waals surface area contributed by atoms with Crippen LogP contribution in [0.1, 0.15) is 56.9 Å². The van der Waals surface area contributed by atoms with Crippen molar-refractivity contribution in [2.45, 2.75) is 64.0 Å². The standard InChI is InChI=1S/C20H27FN2O2/c21-17-10-7-15(8-11-17)13-22-20(25)16-9-12-19(24)23(14-16)18-5-3-1-2-4-6-18/h7-8,10-11,16,18H,1-6,9,12-14H2,(H,22,25)/t16-/m0/s1. The highest BCUT2D eigenvalue weighted by Crippen LogP contribution is 2.27. The van der Waals surface area contributed by atoms with Crippen LogP contribution in [-0.2, 0) is 16.1 Å². The predicted molar refractivity (Wildman–Crippen MR) is 94.2 cm³/mol. The van der Waals surface area contributed by atoms with Crippen LogP contribution in [0.3, 0.4) is 0 Å². The number of carbonyl (C=O) groups excluding carboxylic acids is 2. The van der Waals surface area contributed by atoms with E-state index in [0.717, 1.165) is 18.4 Å². The molecule has 0 aromatic heterocycles. The molecule has 0 radical (unpaired) electrons. The lowest BCUT2D eigenvalue weighted by Crippen LogP contribution is -2.49.